The number of carbonyl (C=O) groups is 1. The van der Waals surface area contributed by atoms with Crippen LogP contribution in [0, 0.1) is 0 Å². The summed E-state index contributed by atoms with van der Waals surface area (Å²) in [6.45, 7) is 3.08. The van der Waals surface area contributed by atoms with Crippen molar-refractivity contribution >= 4 is 35.8 Å². The molecule has 1 aromatic carbocycles. The van der Waals surface area contributed by atoms with E-state index >= 15 is 0 Å². The first-order valence-electron chi connectivity index (χ1n) is 7.94. The van der Waals surface area contributed by atoms with E-state index in [-0.39, 0.29) is 36.4 Å². The predicted molar refractivity (Wildman–Crippen MR) is 105 cm³/mol. The maximum absolute atomic E-state index is 11.7. The Morgan fingerprint density at radius 3 is 2.48 bits per heavy atom. The van der Waals surface area contributed by atoms with E-state index < -0.39 is 0 Å². The maximum Gasteiger partial charge on any atom is 0.243 e. The first-order chi connectivity index (χ1) is 10.7. The summed E-state index contributed by atoms with van der Waals surface area (Å²) >= 11 is 0. The van der Waals surface area contributed by atoms with Crippen LogP contribution in [0.1, 0.15) is 18.4 Å². The van der Waals surface area contributed by atoms with Crippen molar-refractivity contribution in [3.63, 3.8) is 0 Å². The average molecular weight is 430 g/mol. The topological polar surface area (TPSA) is 47.9 Å². The van der Waals surface area contributed by atoms with Crippen LogP contribution in [-0.4, -0.2) is 61.9 Å². The van der Waals surface area contributed by atoms with Gasteiger partial charge in [-0.1, -0.05) is 30.3 Å². The fourth-order valence-corrected chi connectivity index (χ4v) is 2.44. The Labute approximate surface area is 156 Å². The lowest BCUT2D eigenvalue weighted by molar-refractivity contribution is -0.127. The van der Waals surface area contributed by atoms with Crippen LogP contribution in [0.25, 0.3) is 0 Å². The van der Waals surface area contributed by atoms with Gasteiger partial charge in [-0.2, -0.15) is 0 Å². The zero-order valence-corrected chi connectivity index (χ0v) is 16.3. The van der Waals surface area contributed by atoms with E-state index in [1.165, 1.54) is 18.4 Å². The molecule has 1 heterocycles. The number of carbonyl (C=O) groups excluding carboxylic acids is 1. The van der Waals surface area contributed by atoms with Crippen molar-refractivity contribution in [3.05, 3.63) is 35.9 Å². The number of amides is 1. The first-order valence-corrected chi connectivity index (χ1v) is 7.94. The Bertz CT molecular complexity index is 499. The van der Waals surface area contributed by atoms with E-state index in [9.17, 15) is 4.79 Å². The molecule has 23 heavy (non-hydrogen) atoms. The third-order valence-electron chi connectivity index (χ3n) is 3.81. The van der Waals surface area contributed by atoms with Crippen molar-refractivity contribution in [3.8, 4) is 0 Å². The van der Waals surface area contributed by atoms with Gasteiger partial charge in [-0.25, -0.2) is 4.99 Å². The highest BCUT2D eigenvalue weighted by atomic mass is 127. The van der Waals surface area contributed by atoms with Gasteiger partial charge in [0.25, 0.3) is 0 Å². The average Bonchev–Trinajstić information content (AvgIpc) is 3.05. The molecule has 0 unspecified atom stereocenters. The second kappa shape index (κ2) is 10.5. The molecular weight excluding hydrogens is 403 g/mol. The second-order valence-electron chi connectivity index (χ2n) is 5.78. The fraction of sp³-hybridized carbons (Fsp3) is 0.529. The van der Waals surface area contributed by atoms with E-state index in [0.29, 0.717) is 0 Å². The Morgan fingerprint density at radius 1 is 1.22 bits per heavy atom. The Hall–Kier alpha value is -1.31. The van der Waals surface area contributed by atoms with Crippen molar-refractivity contribution in [2.45, 2.75) is 19.3 Å². The van der Waals surface area contributed by atoms with Gasteiger partial charge in [0.05, 0.1) is 0 Å². The second-order valence-corrected chi connectivity index (χ2v) is 5.78. The molecule has 5 nitrogen and oxygen atoms in total. The SMILES string of the molecule is CN(C)C(=O)CN=C(NCCc1ccccc1)N1CCCC1.I. The summed E-state index contributed by atoms with van der Waals surface area (Å²) in [5.41, 5.74) is 1.31. The Balaban J connectivity index is 0.00000264. The predicted octanol–water partition coefficient (Wildman–Crippen LogP) is 1.98. The Kier molecular flexibility index (Phi) is 8.98. The molecule has 6 heteroatoms. The number of likely N-dealkylation sites (tertiary alicyclic amines) is 1. The fourth-order valence-electron chi connectivity index (χ4n) is 2.44. The molecule has 2 rings (SSSR count). The molecule has 1 aromatic rings. The van der Waals surface area contributed by atoms with Crippen LogP contribution in [0.15, 0.2) is 35.3 Å². The molecule has 1 aliphatic heterocycles. The van der Waals surface area contributed by atoms with Crippen LogP contribution < -0.4 is 5.32 Å². The number of hydrogen-bond donors (Lipinski definition) is 1. The lowest BCUT2D eigenvalue weighted by Gasteiger charge is -2.21. The van der Waals surface area contributed by atoms with Crippen molar-refractivity contribution in [2.75, 3.05) is 40.3 Å². The number of hydrogen-bond acceptors (Lipinski definition) is 2. The van der Waals surface area contributed by atoms with Gasteiger partial charge < -0.3 is 15.1 Å². The third-order valence-corrected chi connectivity index (χ3v) is 3.81. The minimum absolute atomic E-state index is 0. The van der Waals surface area contributed by atoms with Gasteiger partial charge in [0, 0.05) is 33.7 Å². The van der Waals surface area contributed by atoms with Gasteiger partial charge in [-0.15, -0.1) is 24.0 Å². The van der Waals surface area contributed by atoms with Crippen molar-refractivity contribution in [1.29, 1.82) is 0 Å². The number of aliphatic imine (C=N–C) groups is 1. The molecule has 1 aliphatic rings. The first kappa shape index (κ1) is 19.7. The van der Waals surface area contributed by atoms with Crippen LogP contribution in [0.5, 0.6) is 0 Å². The normalized spacial score (nSPS) is 14.3. The van der Waals surface area contributed by atoms with Crippen LogP contribution in [0.3, 0.4) is 0 Å². The zero-order chi connectivity index (χ0) is 15.8. The van der Waals surface area contributed by atoms with Crippen LogP contribution in [0.4, 0.5) is 0 Å². The van der Waals surface area contributed by atoms with E-state index in [1.807, 2.05) is 6.07 Å². The number of guanidine groups is 1. The number of rotatable bonds is 5. The molecule has 0 aliphatic carbocycles. The molecule has 1 fully saturated rings. The molecule has 0 radical (unpaired) electrons. The molecule has 1 amide bonds. The maximum atomic E-state index is 11.7. The summed E-state index contributed by atoms with van der Waals surface area (Å²) in [6.07, 6.45) is 3.34. The molecule has 0 atom stereocenters. The highest BCUT2D eigenvalue weighted by molar-refractivity contribution is 14.0. The molecule has 0 bridgehead atoms. The van der Waals surface area contributed by atoms with Crippen LogP contribution >= 0.6 is 24.0 Å². The number of likely N-dealkylation sites (N-methyl/N-ethyl adjacent to an activating group) is 1. The van der Waals surface area contributed by atoms with Gasteiger partial charge >= 0.3 is 0 Å². The molecule has 1 N–H and O–H groups in total. The number of nitrogens with one attached hydrogen (secondary N) is 1. The number of nitrogens with zero attached hydrogens (tertiary/aromatic N) is 3. The van der Waals surface area contributed by atoms with Crippen LogP contribution in [-0.2, 0) is 11.2 Å². The van der Waals surface area contributed by atoms with E-state index in [1.54, 1.807) is 19.0 Å². The minimum Gasteiger partial charge on any atom is -0.356 e. The number of halogens is 1. The van der Waals surface area contributed by atoms with Crippen molar-refractivity contribution < 1.29 is 4.79 Å². The Morgan fingerprint density at radius 2 is 1.87 bits per heavy atom. The molecule has 0 saturated carbocycles. The molecule has 0 spiro atoms. The third kappa shape index (κ3) is 6.76. The zero-order valence-electron chi connectivity index (χ0n) is 14.0. The summed E-state index contributed by atoms with van der Waals surface area (Å²) in [7, 11) is 3.52. The van der Waals surface area contributed by atoms with Gasteiger partial charge in [0.15, 0.2) is 5.96 Å². The largest absolute Gasteiger partial charge is 0.356 e. The highest BCUT2D eigenvalue weighted by Crippen LogP contribution is 2.07. The van der Waals surface area contributed by atoms with E-state index in [2.05, 4.69) is 39.5 Å². The molecular formula is C17H27IN4O. The van der Waals surface area contributed by atoms with E-state index in [4.69, 9.17) is 0 Å². The van der Waals surface area contributed by atoms with Crippen LogP contribution in [0.2, 0.25) is 0 Å². The van der Waals surface area contributed by atoms with Gasteiger partial charge in [0.2, 0.25) is 5.91 Å². The summed E-state index contributed by atoms with van der Waals surface area (Å²) in [5.74, 6) is 0.894. The summed E-state index contributed by atoms with van der Waals surface area (Å²) < 4.78 is 0. The lowest BCUT2D eigenvalue weighted by atomic mass is 10.1. The summed E-state index contributed by atoms with van der Waals surface area (Å²) in [4.78, 5) is 20.1. The summed E-state index contributed by atoms with van der Waals surface area (Å²) in [6, 6.07) is 10.4. The van der Waals surface area contributed by atoms with Crippen molar-refractivity contribution in [2.24, 2.45) is 4.99 Å². The van der Waals surface area contributed by atoms with Crippen molar-refractivity contribution in [1.82, 2.24) is 15.1 Å². The van der Waals surface area contributed by atoms with Gasteiger partial charge in [0.1, 0.15) is 6.54 Å². The molecule has 0 aromatic heterocycles. The quantitative estimate of drug-likeness (QED) is 0.442. The highest BCUT2D eigenvalue weighted by Gasteiger charge is 2.16. The standard InChI is InChI=1S/C17H26N4O.HI/c1-20(2)16(22)14-19-17(21-12-6-7-13-21)18-11-10-15-8-4-3-5-9-15;/h3-5,8-9H,6-7,10-14H2,1-2H3,(H,18,19);1H. The van der Waals surface area contributed by atoms with E-state index in [0.717, 1.165) is 32.0 Å². The van der Waals surface area contributed by atoms with Gasteiger partial charge in [-0.3, -0.25) is 4.79 Å². The summed E-state index contributed by atoms with van der Waals surface area (Å²) in [5, 5.41) is 3.41. The monoisotopic (exact) mass is 430 g/mol. The lowest BCUT2D eigenvalue weighted by Crippen LogP contribution is -2.41. The van der Waals surface area contributed by atoms with Gasteiger partial charge in [-0.05, 0) is 24.8 Å². The smallest absolute Gasteiger partial charge is 0.243 e. The molecule has 128 valence electrons. The number of benzene rings is 1. The minimum atomic E-state index is 0. The molecule has 1 saturated heterocycles.